The summed E-state index contributed by atoms with van der Waals surface area (Å²) in [7, 11) is 0. The predicted octanol–water partition coefficient (Wildman–Crippen LogP) is 3.02. The van der Waals surface area contributed by atoms with E-state index >= 15 is 0 Å². The molecule has 0 atom stereocenters. The van der Waals surface area contributed by atoms with Crippen LogP contribution in [-0.4, -0.2) is 16.1 Å². The standard InChI is InChI=1S/C13H14N2O2S/c1-2-9-5-3-4-6-10(9)7-14-13-15-11(8-18-13)12(16)17/h3-6,8H,2,7H2,1H3,(H,14,15)(H,16,17). The zero-order valence-electron chi connectivity index (χ0n) is 10.0. The van der Waals surface area contributed by atoms with Crippen LogP contribution in [0.3, 0.4) is 0 Å². The van der Waals surface area contributed by atoms with Gasteiger partial charge in [-0.3, -0.25) is 0 Å². The first-order valence-electron chi connectivity index (χ1n) is 5.70. The lowest BCUT2D eigenvalue weighted by Crippen LogP contribution is -2.03. The van der Waals surface area contributed by atoms with Gasteiger partial charge in [0, 0.05) is 11.9 Å². The van der Waals surface area contributed by atoms with E-state index in [1.165, 1.54) is 27.8 Å². The predicted molar refractivity (Wildman–Crippen MR) is 72.2 cm³/mol. The summed E-state index contributed by atoms with van der Waals surface area (Å²) < 4.78 is 0. The topological polar surface area (TPSA) is 62.2 Å². The zero-order valence-corrected chi connectivity index (χ0v) is 10.8. The van der Waals surface area contributed by atoms with Crippen molar-refractivity contribution in [1.29, 1.82) is 0 Å². The van der Waals surface area contributed by atoms with E-state index in [-0.39, 0.29) is 5.69 Å². The summed E-state index contributed by atoms with van der Waals surface area (Å²) >= 11 is 1.31. The maximum Gasteiger partial charge on any atom is 0.355 e. The van der Waals surface area contributed by atoms with E-state index in [9.17, 15) is 4.79 Å². The second-order valence-electron chi connectivity index (χ2n) is 3.82. The van der Waals surface area contributed by atoms with Gasteiger partial charge in [-0.05, 0) is 17.5 Å². The van der Waals surface area contributed by atoms with Crippen molar-refractivity contribution in [2.45, 2.75) is 19.9 Å². The molecule has 0 bridgehead atoms. The van der Waals surface area contributed by atoms with Crippen LogP contribution in [0.15, 0.2) is 29.6 Å². The fourth-order valence-electron chi connectivity index (χ4n) is 1.70. The van der Waals surface area contributed by atoms with Gasteiger partial charge in [-0.2, -0.15) is 0 Å². The van der Waals surface area contributed by atoms with Gasteiger partial charge in [0.1, 0.15) is 0 Å². The number of anilines is 1. The first-order valence-corrected chi connectivity index (χ1v) is 6.58. The van der Waals surface area contributed by atoms with Gasteiger partial charge in [0.25, 0.3) is 0 Å². The number of thiazole rings is 1. The van der Waals surface area contributed by atoms with Crippen LogP contribution >= 0.6 is 11.3 Å². The Bertz CT molecular complexity index is 551. The molecule has 4 nitrogen and oxygen atoms in total. The average molecular weight is 262 g/mol. The molecular formula is C13H14N2O2S. The van der Waals surface area contributed by atoms with Crippen molar-refractivity contribution in [2.24, 2.45) is 0 Å². The number of rotatable bonds is 5. The van der Waals surface area contributed by atoms with Crippen LogP contribution in [0.1, 0.15) is 28.5 Å². The van der Waals surface area contributed by atoms with E-state index in [0.717, 1.165) is 6.42 Å². The van der Waals surface area contributed by atoms with Crippen LogP contribution in [-0.2, 0) is 13.0 Å². The monoisotopic (exact) mass is 262 g/mol. The Hall–Kier alpha value is -1.88. The SMILES string of the molecule is CCc1ccccc1CNc1nc(C(=O)O)cs1. The highest BCUT2D eigenvalue weighted by Gasteiger charge is 2.08. The van der Waals surface area contributed by atoms with Crippen molar-refractivity contribution >= 4 is 22.4 Å². The van der Waals surface area contributed by atoms with E-state index < -0.39 is 5.97 Å². The van der Waals surface area contributed by atoms with E-state index in [2.05, 4.69) is 29.4 Å². The summed E-state index contributed by atoms with van der Waals surface area (Å²) in [5.41, 5.74) is 2.60. The Morgan fingerprint density at radius 2 is 2.11 bits per heavy atom. The third kappa shape index (κ3) is 2.87. The number of hydrogen-bond acceptors (Lipinski definition) is 4. The largest absolute Gasteiger partial charge is 0.476 e. The minimum absolute atomic E-state index is 0.0891. The molecule has 0 aliphatic heterocycles. The van der Waals surface area contributed by atoms with Crippen molar-refractivity contribution in [3.63, 3.8) is 0 Å². The molecule has 1 aromatic heterocycles. The van der Waals surface area contributed by atoms with E-state index in [1.54, 1.807) is 0 Å². The van der Waals surface area contributed by atoms with Gasteiger partial charge in [-0.15, -0.1) is 11.3 Å². The van der Waals surface area contributed by atoms with Gasteiger partial charge in [-0.25, -0.2) is 9.78 Å². The number of aryl methyl sites for hydroxylation is 1. The van der Waals surface area contributed by atoms with E-state index in [4.69, 9.17) is 5.11 Å². The highest BCUT2D eigenvalue weighted by molar-refractivity contribution is 7.13. The normalized spacial score (nSPS) is 10.3. The Labute approximate surface area is 109 Å². The van der Waals surface area contributed by atoms with E-state index in [0.29, 0.717) is 11.7 Å². The number of carbonyl (C=O) groups is 1. The quantitative estimate of drug-likeness (QED) is 0.869. The Kier molecular flexibility index (Phi) is 3.94. The molecule has 0 saturated carbocycles. The van der Waals surface area contributed by atoms with Crippen LogP contribution in [0.25, 0.3) is 0 Å². The molecule has 0 aliphatic carbocycles. The lowest BCUT2D eigenvalue weighted by atomic mass is 10.1. The first-order chi connectivity index (χ1) is 8.70. The number of carboxylic acid groups (broad SMARTS) is 1. The molecule has 94 valence electrons. The molecule has 2 aromatic rings. The van der Waals surface area contributed by atoms with Gasteiger partial charge in [0.2, 0.25) is 0 Å². The molecule has 5 heteroatoms. The minimum Gasteiger partial charge on any atom is -0.476 e. The molecule has 0 saturated heterocycles. The van der Waals surface area contributed by atoms with Crippen molar-refractivity contribution in [2.75, 3.05) is 5.32 Å². The summed E-state index contributed by atoms with van der Waals surface area (Å²) in [6, 6.07) is 8.19. The van der Waals surface area contributed by atoms with Gasteiger partial charge < -0.3 is 10.4 Å². The average Bonchev–Trinajstić information content (AvgIpc) is 2.85. The molecule has 0 radical (unpaired) electrons. The van der Waals surface area contributed by atoms with Crippen LogP contribution in [0.5, 0.6) is 0 Å². The summed E-state index contributed by atoms with van der Waals surface area (Å²) in [5, 5.41) is 14.1. The number of nitrogens with zero attached hydrogens (tertiary/aromatic N) is 1. The number of nitrogens with one attached hydrogen (secondary N) is 1. The van der Waals surface area contributed by atoms with Crippen molar-refractivity contribution in [3.05, 3.63) is 46.5 Å². The summed E-state index contributed by atoms with van der Waals surface area (Å²) in [5.74, 6) is -0.992. The highest BCUT2D eigenvalue weighted by atomic mass is 32.1. The molecule has 1 aromatic carbocycles. The molecule has 2 rings (SSSR count). The van der Waals surface area contributed by atoms with Gasteiger partial charge >= 0.3 is 5.97 Å². The maximum absolute atomic E-state index is 10.7. The molecule has 0 unspecified atom stereocenters. The second-order valence-corrected chi connectivity index (χ2v) is 4.68. The Morgan fingerprint density at radius 3 is 2.72 bits per heavy atom. The molecule has 0 fully saturated rings. The fourth-order valence-corrected chi connectivity index (χ4v) is 2.38. The molecule has 0 spiro atoms. The van der Waals surface area contributed by atoms with Crippen molar-refractivity contribution < 1.29 is 9.90 Å². The highest BCUT2D eigenvalue weighted by Crippen LogP contribution is 2.17. The van der Waals surface area contributed by atoms with Crippen LogP contribution in [0.2, 0.25) is 0 Å². The smallest absolute Gasteiger partial charge is 0.355 e. The second kappa shape index (κ2) is 5.64. The van der Waals surface area contributed by atoms with Crippen LogP contribution in [0.4, 0.5) is 5.13 Å². The molecule has 0 aliphatic rings. The van der Waals surface area contributed by atoms with Crippen LogP contribution in [0, 0.1) is 0 Å². The third-order valence-corrected chi connectivity index (χ3v) is 3.45. The number of hydrogen-bond donors (Lipinski definition) is 2. The fraction of sp³-hybridized carbons (Fsp3) is 0.231. The Balaban J connectivity index is 2.04. The van der Waals surface area contributed by atoms with Gasteiger partial charge in [-0.1, -0.05) is 31.2 Å². The number of carboxylic acids is 1. The van der Waals surface area contributed by atoms with Gasteiger partial charge in [0.15, 0.2) is 10.8 Å². The summed E-state index contributed by atoms with van der Waals surface area (Å²) in [6.45, 7) is 2.78. The van der Waals surface area contributed by atoms with E-state index in [1.807, 2.05) is 12.1 Å². The molecule has 2 N–H and O–H groups in total. The summed E-state index contributed by atoms with van der Waals surface area (Å²) in [6.07, 6.45) is 0.982. The maximum atomic E-state index is 10.7. The Morgan fingerprint density at radius 1 is 1.39 bits per heavy atom. The molecule has 18 heavy (non-hydrogen) atoms. The molecule has 0 amide bonds. The van der Waals surface area contributed by atoms with Crippen LogP contribution < -0.4 is 5.32 Å². The zero-order chi connectivity index (χ0) is 13.0. The minimum atomic E-state index is -0.992. The lowest BCUT2D eigenvalue weighted by Gasteiger charge is -2.07. The number of aromatic carboxylic acids is 1. The number of aromatic nitrogens is 1. The number of benzene rings is 1. The molecular weight excluding hydrogens is 248 g/mol. The van der Waals surface area contributed by atoms with Gasteiger partial charge in [0.05, 0.1) is 0 Å². The van der Waals surface area contributed by atoms with Crippen molar-refractivity contribution in [3.8, 4) is 0 Å². The third-order valence-electron chi connectivity index (χ3n) is 2.65. The van der Waals surface area contributed by atoms with Crippen molar-refractivity contribution in [1.82, 2.24) is 4.98 Å². The molecule has 1 heterocycles. The lowest BCUT2D eigenvalue weighted by molar-refractivity contribution is 0.0691. The summed E-state index contributed by atoms with van der Waals surface area (Å²) in [4.78, 5) is 14.7. The first kappa shape index (κ1) is 12.6.